The third-order valence-electron chi connectivity index (χ3n) is 5.29. The summed E-state index contributed by atoms with van der Waals surface area (Å²) in [6, 6.07) is 17.2. The highest BCUT2D eigenvalue weighted by atomic mass is 32.1. The molecule has 3 aromatic rings. The number of benzene rings is 2. The van der Waals surface area contributed by atoms with Gasteiger partial charge in [0.25, 0.3) is 0 Å². The molecule has 0 atom stereocenters. The molecule has 0 radical (unpaired) electrons. The Kier molecular flexibility index (Phi) is 7.08. The van der Waals surface area contributed by atoms with Gasteiger partial charge in [-0.2, -0.15) is 0 Å². The van der Waals surface area contributed by atoms with Crippen LogP contribution >= 0.6 is 11.3 Å². The van der Waals surface area contributed by atoms with Crippen LogP contribution in [0.25, 0.3) is 0 Å². The Labute approximate surface area is 190 Å². The fourth-order valence-electron chi connectivity index (χ4n) is 3.56. The second-order valence-corrected chi connectivity index (χ2v) is 8.51. The number of rotatable bonds is 7. The number of amides is 1. The smallest absolute Gasteiger partial charge is 0.337 e. The number of aromatic nitrogens is 2. The van der Waals surface area contributed by atoms with Crippen molar-refractivity contribution >= 4 is 33.5 Å². The summed E-state index contributed by atoms with van der Waals surface area (Å²) < 4.78 is 4.74. The Hall–Kier alpha value is -3.30. The van der Waals surface area contributed by atoms with E-state index in [0.717, 1.165) is 49.0 Å². The summed E-state index contributed by atoms with van der Waals surface area (Å²) in [5.41, 5.74) is 2.68. The zero-order chi connectivity index (χ0) is 22.3. The lowest BCUT2D eigenvalue weighted by Gasteiger charge is -2.34. The largest absolute Gasteiger partial charge is 0.465 e. The number of nitrogens with one attached hydrogen (secondary N) is 1. The normalized spacial score (nSPS) is 14.2. The molecule has 32 heavy (non-hydrogen) atoms. The van der Waals surface area contributed by atoms with Gasteiger partial charge >= 0.3 is 5.97 Å². The maximum atomic E-state index is 12.2. The average molecular weight is 452 g/mol. The zero-order valence-corrected chi connectivity index (χ0v) is 18.7. The van der Waals surface area contributed by atoms with E-state index in [0.29, 0.717) is 17.1 Å². The van der Waals surface area contributed by atoms with Gasteiger partial charge in [-0.1, -0.05) is 53.8 Å². The minimum Gasteiger partial charge on any atom is -0.465 e. The van der Waals surface area contributed by atoms with E-state index in [2.05, 4.69) is 25.3 Å². The fraction of sp³-hybridized carbons (Fsp3) is 0.304. The van der Waals surface area contributed by atoms with Crippen molar-refractivity contribution in [2.75, 3.05) is 43.5 Å². The van der Waals surface area contributed by atoms with Crippen molar-refractivity contribution in [2.24, 2.45) is 0 Å². The van der Waals surface area contributed by atoms with E-state index in [9.17, 15) is 9.59 Å². The van der Waals surface area contributed by atoms with Gasteiger partial charge in [0.2, 0.25) is 16.2 Å². The lowest BCUT2D eigenvalue weighted by Crippen LogP contribution is -2.45. The summed E-state index contributed by atoms with van der Waals surface area (Å²) in [4.78, 5) is 28.4. The molecule has 0 spiro atoms. The van der Waals surface area contributed by atoms with Crippen LogP contribution in [0.15, 0.2) is 54.6 Å². The van der Waals surface area contributed by atoms with E-state index in [1.165, 1.54) is 18.4 Å². The van der Waals surface area contributed by atoms with Crippen LogP contribution in [0.5, 0.6) is 0 Å². The number of nitrogens with zero attached hydrogens (tertiary/aromatic N) is 4. The first kappa shape index (κ1) is 21.9. The van der Waals surface area contributed by atoms with Crippen LogP contribution in [0.1, 0.15) is 21.5 Å². The van der Waals surface area contributed by atoms with Crippen molar-refractivity contribution in [1.82, 2.24) is 15.1 Å². The summed E-state index contributed by atoms with van der Waals surface area (Å²) in [6.45, 7) is 4.30. The minimum atomic E-state index is -0.321. The molecule has 0 bridgehead atoms. The molecule has 1 N–H and O–H groups in total. The van der Waals surface area contributed by atoms with Crippen LogP contribution in [-0.4, -0.2) is 60.3 Å². The average Bonchev–Trinajstić information content (AvgIpc) is 3.28. The number of piperazine rings is 1. The number of ether oxygens (including phenoxy) is 1. The van der Waals surface area contributed by atoms with E-state index in [1.54, 1.807) is 12.1 Å². The molecular formula is C23H25N5O3S. The Bertz CT molecular complexity index is 1050. The number of esters is 1. The van der Waals surface area contributed by atoms with Gasteiger partial charge in [0.05, 0.1) is 19.1 Å². The van der Waals surface area contributed by atoms with Crippen LogP contribution in [0.4, 0.5) is 10.3 Å². The molecule has 1 saturated heterocycles. The number of hydrogen-bond donors (Lipinski definition) is 1. The van der Waals surface area contributed by atoms with Gasteiger partial charge in [0, 0.05) is 32.7 Å². The van der Waals surface area contributed by atoms with Crippen LogP contribution in [-0.2, 0) is 22.5 Å². The topological polar surface area (TPSA) is 87.7 Å². The first-order chi connectivity index (χ1) is 15.6. The Morgan fingerprint density at radius 3 is 2.38 bits per heavy atom. The number of anilines is 2. The summed E-state index contributed by atoms with van der Waals surface area (Å²) in [5, 5.41) is 12.6. The highest BCUT2D eigenvalue weighted by Gasteiger charge is 2.21. The lowest BCUT2D eigenvalue weighted by molar-refractivity contribution is -0.115. The maximum absolute atomic E-state index is 12.2. The molecule has 9 heteroatoms. The third-order valence-corrected chi connectivity index (χ3v) is 6.19. The first-order valence-corrected chi connectivity index (χ1v) is 11.2. The number of carbonyl (C=O) groups excluding carboxylic acids is 2. The molecule has 1 fully saturated rings. The summed E-state index contributed by atoms with van der Waals surface area (Å²) in [7, 11) is 1.38. The molecule has 1 aliphatic rings. The lowest BCUT2D eigenvalue weighted by atomic mass is 10.1. The zero-order valence-electron chi connectivity index (χ0n) is 17.9. The molecule has 1 aromatic heterocycles. The Morgan fingerprint density at radius 1 is 0.969 bits per heavy atom. The van der Waals surface area contributed by atoms with E-state index in [1.807, 2.05) is 42.5 Å². The molecule has 0 unspecified atom stereocenters. The van der Waals surface area contributed by atoms with Gasteiger partial charge in [-0.15, -0.1) is 10.2 Å². The second kappa shape index (κ2) is 10.3. The van der Waals surface area contributed by atoms with Crippen molar-refractivity contribution < 1.29 is 14.3 Å². The van der Waals surface area contributed by atoms with Crippen molar-refractivity contribution in [3.8, 4) is 0 Å². The van der Waals surface area contributed by atoms with E-state index >= 15 is 0 Å². The molecular weight excluding hydrogens is 426 g/mol. The molecule has 1 aliphatic heterocycles. The summed E-state index contributed by atoms with van der Waals surface area (Å²) in [6.07, 6.45) is 0.315. The summed E-state index contributed by atoms with van der Waals surface area (Å²) in [5.74, 6) is -0.417. The SMILES string of the molecule is COC(=O)c1ccc(CN2CCN(c3nnc(NC(=O)Cc4ccccc4)s3)CC2)cc1. The van der Waals surface area contributed by atoms with Crippen LogP contribution in [0.2, 0.25) is 0 Å². The van der Waals surface area contributed by atoms with Crippen LogP contribution in [0, 0.1) is 0 Å². The molecule has 2 heterocycles. The van der Waals surface area contributed by atoms with Gasteiger partial charge in [0.15, 0.2) is 0 Å². The Balaban J connectivity index is 1.25. The fourth-order valence-corrected chi connectivity index (χ4v) is 4.37. The van der Waals surface area contributed by atoms with Crippen molar-refractivity contribution in [3.63, 3.8) is 0 Å². The monoisotopic (exact) mass is 451 g/mol. The number of carbonyl (C=O) groups is 2. The van der Waals surface area contributed by atoms with Crippen molar-refractivity contribution in [2.45, 2.75) is 13.0 Å². The predicted molar refractivity (Wildman–Crippen MR) is 124 cm³/mol. The maximum Gasteiger partial charge on any atom is 0.337 e. The predicted octanol–water partition coefficient (Wildman–Crippen LogP) is 2.83. The molecule has 0 saturated carbocycles. The standard InChI is InChI=1S/C23H25N5O3S/c1-31-21(30)19-9-7-18(8-10-19)16-27-11-13-28(14-12-27)23-26-25-22(32-23)24-20(29)15-17-5-3-2-4-6-17/h2-10H,11-16H2,1H3,(H,24,25,29). The molecule has 166 valence electrons. The third kappa shape index (κ3) is 5.68. The Morgan fingerprint density at radius 2 is 1.69 bits per heavy atom. The van der Waals surface area contributed by atoms with Crippen LogP contribution < -0.4 is 10.2 Å². The van der Waals surface area contributed by atoms with E-state index < -0.39 is 0 Å². The quantitative estimate of drug-likeness (QED) is 0.553. The van der Waals surface area contributed by atoms with Gasteiger partial charge in [-0.25, -0.2) is 4.79 Å². The van der Waals surface area contributed by atoms with Crippen molar-refractivity contribution in [1.29, 1.82) is 0 Å². The molecule has 1 amide bonds. The van der Waals surface area contributed by atoms with E-state index in [4.69, 9.17) is 4.74 Å². The van der Waals surface area contributed by atoms with Crippen molar-refractivity contribution in [3.05, 3.63) is 71.3 Å². The number of hydrogen-bond acceptors (Lipinski definition) is 8. The molecule has 2 aromatic carbocycles. The van der Waals surface area contributed by atoms with Crippen LogP contribution in [0.3, 0.4) is 0 Å². The highest BCUT2D eigenvalue weighted by Crippen LogP contribution is 2.25. The van der Waals surface area contributed by atoms with Gasteiger partial charge in [-0.05, 0) is 23.3 Å². The van der Waals surface area contributed by atoms with Gasteiger partial charge < -0.3 is 15.0 Å². The molecule has 8 nitrogen and oxygen atoms in total. The van der Waals surface area contributed by atoms with Gasteiger partial charge in [-0.3, -0.25) is 9.69 Å². The molecule has 4 rings (SSSR count). The second-order valence-electron chi connectivity index (χ2n) is 7.55. The van der Waals surface area contributed by atoms with E-state index in [-0.39, 0.29) is 11.9 Å². The summed E-state index contributed by atoms with van der Waals surface area (Å²) >= 11 is 1.40. The minimum absolute atomic E-state index is 0.0954. The van der Waals surface area contributed by atoms with Gasteiger partial charge in [0.1, 0.15) is 0 Å². The number of methoxy groups -OCH3 is 1. The highest BCUT2D eigenvalue weighted by molar-refractivity contribution is 7.19. The first-order valence-electron chi connectivity index (χ1n) is 10.4. The molecule has 0 aliphatic carbocycles.